The lowest BCUT2D eigenvalue weighted by Crippen LogP contribution is -2.27. The number of benzene rings is 1. The van der Waals surface area contributed by atoms with E-state index in [2.05, 4.69) is 5.32 Å². The van der Waals surface area contributed by atoms with E-state index < -0.39 is 9.05 Å². The molecule has 1 aromatic carbocycles. The first-order valence-electron chi connectivity index (χ1n) is 6.38. The number of hydrogen-bond donors (Lipinski definition) is 1. The Kier molecular flexibility index (Phi) is 4.75. The lowest BCUT2D eigenvalue weighted by molar-refractivity contribution is -0.121. The topological polar surface area (TPSA) is 81.7 Å². The predicted octanol–water partition coefficient (Wildman–Crippen LogP) is 1.99. The van der Waals surface area contributed by atoms with Crippen LogP contribution in [-0.2, 0) is 18.6 Å². The SMILES string of the molecule is COc1cc(NC(=O)C2CCOC2C)ccc1S(=O)(=O)Cl. The summed E-state index contributed by atoms with van der Waals surface area (Å²) in [7, 11) is 2.74. The maximum atomic E-state index is 12.1. The quantitative estimate of drug-likeness (QED) is 0.852. The molecular weight excluding hydrogens is 318 g/mol. The first kappa shape index (κ1) is 16.1. The number of nitrogens with one attached hydrogen (secondary N) is 1. The van der Waals surface area contributed by atoms with Gasteiger partial charge in [0.05, 0.1) is 19.1 Å². The molecule has 0 aliphatic carbocycles. The van der Waals surface area contributed by atoms with E-state index in [1.54, 1.807) is 0 Å². The van der Waals surface area contributed by atoms with Crippen LogP contribution in [0.3, 0.4) is 0 Å². The monoisotopic (exact) mass is 333 g/mol. The Labute approximate surface area is 127 Å². The number of carbonyl (C=O) groups is 1. The Balaban J connectivity index is 2.20. The summed E-state index contributed by atoms with van der Waals surface area (Å²) in [6, 6.07) is 4.19. The number of hydrogen-bond acceptors (Lipinski definition) is 5. The average molecular weight is 334 g/mol. The van der Waals surface area contributed by atoms with Crippen molar-refractivity contribution in [2.45, 2.75) is 24.3 Å². The van der Waals surface area contributed by atoms with Crippen LogP contribution < -0.4 is 10.1 Å². The predicted molar refractivity (Wildman–Crippen MR) is 78.2 cm³/mol. The number of methoxy groups -OCH3 is 1. The van der Waals surface area contributed by atoms with Gasteiger partial charge in [0.15, 0.2) is 0 Å². The molecule has 0 radical (unpaired) electrons. The van der Waals surface area contributed by atoms with Crippen molar-refractivity contribution in [2.24, 2.45) is 5.92 Å². The van der Waals surface area contributed by atoms with Crippen LogP contribution in [0.2, 0.25) is 0 Å². The lowest BCUT2D eigenvalue weighted by atomic mass is 10.0. The van der Waals surface area contributed by atoms with Gasteiger partial charge in [-0.15, -0.1) is 0 Å². The largest absolute Gasteiger partial charge is 0.495 e. The standard InChI is InChI=1S/C13H16ClNO5S/c1-8-10(5-6-20-8)13(16)15-9-3-4-12(21(14,17)18)11(7-9)19-2/h3-4,7-8,10H,5-6H2,1-2H3,(H,15,16). The molecule has 1 amide bonds. The van der Waals surface area contributed by atoms with Crippen LogP contribution in [0.5, 0.6) is 5.75 Å². The molecule has 1 fully saturated rings. The Morgan fingerprint density at radius 3 is 2.71 bits per heavy atom. The van der Waals surface area contributed by atoms with Crippen LogP contribution in [0, 0.1) is 5.92 Å². The molecule has 2 atom stereocenters. The summed E-state index contributed by atoms with van der Waals surface area (Å²) in [6.45, 7) is 2.41. The Bertz CT molecular complexity index is 646. The van der Waals surface area contributed by atoms with Gasteiger partial charge in [0.2, 0.25) is 5.91 Å². The molecule has 1 saturated heterocycles. The van der Waals surface area contributed by atoms with Crippen molar-refractivity contribution in [1.82, 2.24) is 0 Å². The minimum absolute atomic E-state index is 0.0820. The van der Waals surface area contributed by atoms with Crippen molar-refractivity contribution in [2.75, 3.05) is 19.0 Å². The molecule has 1 heterocycles. The fourth-order valence-corrected chi connectivity index (χ4v) is 3.25. The second-order valence-corrected chi connectivity index (χ2v) is 7.30. The number of rotatable bonds is 4. The van der Waals surface area contributed by atoms with Crippen molar-refractivity contribution in [3.8, 4) is 5.75 Å². The van der Waals surface area contributed by atoms with Gasteiger partial charge in [0.25, 0.3) is 9.05 Å². The minimum atomic E-state index is -3.90. The van der Waals surface area contributed by atoms with Crippen molar-refractivity contribution in [1.29, 1.82) is 0 Å². The second-order valence-electron chi connectivity index (χ2n) is 4.76. The maximum absolute atomic E-state index is 12.1. The van der Waals surface area contributed by atoms with Gasteiger partial charge in [0, 0.05) is 29.0 Å². The van der Waals surface area contributed by atoms with Crippen molar-refractivity contribution >= 4 is 31.3 Å². The Hall–Kier alpha value is -1.31. The number of halogens is 1. The molecule has 1 N–H and O–H groups in total. The van der Waals surface area contributed by atoms with E-state index in [0.717, 1.165) is 0 Å². The molecule has 1 aliphatic heterocycles. The average Bonchev–Trinajstić information content (AvgIpc) is 2.83. The minimum Gasteiger partial charge on any atom is -0.495 e. The highest BCUT2D eigenvalue weighted by Gasteiger charge is 2.31. The van der Waals surface area contributed by atoms with Gasteiger partial charge < -0.3 is 14.8 Å². The van der Waals surface area contributed by atoms with Crippen molar-refractivity contribution in [3.63, 3.8) is 0 Å². The first-order valence-corrected chi connectivity index (χ1v) is 8.69. The van der Waals surface area contributed by atoms with Crippen LogP contribution in [0.4, 0.5) is 5.69 Å². The van der Waals surface area contributed by atoms with E-state index in [1.165, 1.54) is 25.3 Å². The summed E-state index contributed by atoms with van der Waals surface area (Å²) in [6.07, 6.45) is 0.535. The molecule has 21 heavy (non-hydrogen) atoms. The second kappa shape index (κ2) is 6.21. The molecule has 6 nitrogen and oxygen atoms in total. The molecule has 1 aromatic rings. The molecular formula is C13H16ClNO5S. The summed E-state index contributed by atoms with van der Waals surface area (Å²) in [5, 5.41) is 2.73. The van der Waals surface area contributed by atoms with Crippen LogP contribution in [-0.4, -0.2) is 34.1 Å². The smallest absolute Gasteiger partial charge is 0.264 e. The number of amides is 1. The highest BCUT2D eigenvalue weighted by Crippen LogP contribution is 2.30. The third kappa shape index (κ3) is 3.66. The van der Waals surface area contributed by atoms with Crippen LogP contribution in [0.15, 0.2) is 23.1 Å². The van der Waals surface area contributed by atoms with E-state index in [-0.39, 0.29) is 28.6 Å². The first-order chi connectivity index (χ1) is 9.82. The van der Waals surface area contributed by atoms with E-state index in [1.807, 2.05) is 6.92 Å². The molecule has 1 aliphatic rings. The number of anilines is 1. The molecule has 0 saturated carbocycles. The summed E-state index contributed by atoms with van der Waals surface area (Å²) < 4.78 is 33.1. The molecule has 2 rings (SSSR count). The van der Waals surface area contributed by atoms with Crippen LogP contribution >= 0.6 is 10.7 Å². The third-order valence-electron chi connectivity index (χ3n) is 3.41. The van der Waals surface area contributed by atoms with Gasteiger partial charge in [-0.1, -0.05) is 0 Å². The zero-order valence-electron chi connectivity index (χ0n) is 11.6. The van der Waals surface area contributed by atoms with Gasteiger partial charge in [-0.25, -0.2) is 8.42 Å². The molecule has 8 heteroatoms. The normalized spacial score (nSPS) is 22.0. The molecule has 116 valence electrons. The molecule has 0 aromatic heterocycles. The summed E-state index contributed by atoms with van der Waals surface area (Å²) >= 11 is 0. The Morgan fingerprint density at radius 2 is 2.19 bits per heavy atom. The number of carbonyl (C=O) groups excluding carboxylic acids is 1. The van der Waals surface area contributed by atoms with E-state index in [9.17, 15) is 13.2 Å². The zero-order valence-corrected chi connectivity index (χ0v) is 13.2. The summed E-state index contributed by atoms with van der Waals surface area (Å²) in [5.74, 6) is -0.297. The fraction of sp³-hybridized carbons (Fsp3) is 0.462. The lowest BCUT2D eigenvalue weighted by Gasteiger charge is -2.15. The maximum Gasteiger partial charge on any atom is 0.264 e. The molecule has 2 unspecified atom stereocenters. The molecule has 0 bridgehead atoms. The van der Waals surface area contributed by atoms with E-state index in [0.29, 0.717) is 18.7 Å². The van der Waals surface area contributed by atoms with Gasteiger partial charge in [-0.2, -0.15) is 0 Å². The van der Waals surface area contributed by atoms with E-state index in [4.69, 9.17) is 20.2 Å². The van der Waals surface area contributed by atoms with Gasteiger partial charge >= 0.3 is 0 Å². The number of ether oxygens (including phenoxy) is 2. The highest BCUT2D eigenvalue weighted by atomic mass is 35.7. The third-order valence-corrected chi connectivity index (χ3v) is 4.77. The van der Waals surface area contributed by atoms with E-state index >= 15 is 0 Å². The van der Waals surface area contributed by atoms with Crippen molar-refractivity contribution < 1.29 is 22.7 Å². The zero-order chi connectivity index (χ0) is 15.6. The van der Waals surface area contributed by atoms with Gasteiger partial charge in [-0.3, -0.25) is 4.79 Å². The Morgan fingerprint density at radius 1 is 1.48 bits per heavy atom. The van der Waals surface area contributed by atoms with Crippen LogP contribution in [0.1, 0.15) is 13.3 Å². The summed E-state index contributed by atoms with van der Waals surface area (Å²) in [5.41, 5.74) is 0.444. The van der Waals surface area contributed by atoms with Gasteiger partial charge in [-0.05, 0) is 25.5 Å². The van der Waals surface area contributed by atoms with Crippen molar-refractivity contribution in [3.05, 3.63) is 18.2 Å². The molecule has 0 spiro atoms. The van der Waals surface area contributed by atoms with Gasteiger partial charge in [0.1, 0.15) is 10.6 Å². The van der Waals surface area contributed by atoms with Crippen LogP contribution in [0.25, 0.3) is 0 Å². The highest BCUT2D eigenvalue weighted by molar-refractivity contribution is 8.13. The fourth-order valence-electron chi connectivity index (χ4n) is 2.26. The summed E-state index contributed by atoms with van der Waals surface area (Å²) in [4.78, 5) is 12.0.